The lowest BCUT2D eigenvalue weighted by Gasteiger charge is -2.39. The van der Waals surface area contributed by atoms with Crippen molar-refractivity contribution in [1.82, 2.24) is 4.90 Å². The second-order valence-corrected chi connectivity index (χ2v) is 6.70. The maximum atomic E-state index is 12.0. The fourth-order valence-corrected chi connectivity index (χ4v) is 2.57. The molecule has 3 N–H and O–H groups in total. The highest BCUT2D eigenvalue weighted by Gasteiger charge is 2.38. The number of hydrogen-bond donors (Lipinski definition) is 3. The van der Waals surface area contributed by atoms with Crippen LogP contribution in [0.4, 0.5) is 4.79 Å². The summed E-state index contributed by atoms with van der Waals surface area (Å²) in [5.74, 6) is -0.204. The van der Waals surface area contributed by atoms with Gasteiger partial charge in [-0.05, 0) is 45.7 Å². The summed E-state index contributed by atoms with van der Waals surface area (Å²) in [6, 6.07) is 4.13. The third kappa shape index (κ3) is 3.62. The maximum absolute atomic E-state index is 12.0. The van der Waals surface area contributed by atoms with Crippen molar-refractivity contribution >= 4 is 6.09 Å². The van der Waals surface area contributed by atoms with Gasteiger partial charge in [-0.25, -0.2) is 4.79 Å². The minimum atomic E-state index is -1.21. The molecule has 122 valence electrons. The molecule has 6 nitrogen and oxygen atoms in total. The van der Waals surface area contributed by atoms with Crippen LogP contribution in [0.1, 0.15) is 39.2 Å². The molecule has 1 fully saturated rings. The molecule has 1 saturated heterocycles. The number of piperidine rings is 1. The molecular weight excluding hydrogens is 286 g/mol. The fraction of sp³-hybridized carbons (Fsp3) is 0.562. The van der Waals surface area contributed by atoms with E-state index in [4.69, 9.17) is 4.74 Å². The monoisotopic (exact) mass is 309 g/mol. The quantitative estimate of drug-likeness (QED) is 0.740. The number of phenolic OH excluding ortho intramolecular Hbond substituents is 2. The molecule has 1 aromatic carbocycles. The Morgan fingerprint density at radius 2 is 1.82 bits per heavy atom. The van der Waals surface area contributed by atoms with Crippen molar-refractivity contribution in [3.8, 4) is 11.5 Å². The fourth-order valence-electron chi connectivity index (χ4n) is 2.57. The number of carbonyl (C=O) groups is 1. The van der Waals surface area contributed by atoms with E-state index in [2.05, 4.69) is 0 Å². The van der Waals surface area contributed by atoms with Crippen molar-refractivity contribution < 1.29 is 24.9 Å². The van der Waals surface area contributed by atoms with Crippen LogP contribution in [0.2, 0.25) is 0 Å². The van der Waals surface area contributed by atoms with Crippen molar-refractivity contribution in [2.45, 2.75) is 44.8 Å². The van der Waals surface area contributed by atoms with Crippen molar-refractivity contribution in [2.75, 3.05) is 13.1 Å². The van der Waals surface area contributed by atoms with E-state index >= 15 is 0 Å². The van der Waals surface area contributed by atoms with Crippen LogP contribution in [-0.2, 0) is 10.3 Å². The Kier molecular flexibility index (Phi) is 4.24. The highest BCUT2D eigenvalue weighted by Crippen LogP contribution is 2.39. The van der Waals surface area contributed by atoms with Crippen LogP contribution in [0, 0.1) is 0 Å². The van der Waals surface area contributed by atoms with E-state index in [1.807, 2.05) is 0 Å². The zero-order valence-corrected chi connectivity index (χ0v) is 13.2. The largest absolute Gasteiger partial charge is 0.508 e. The first-order valence-corrected chi connectivity index (χ1v) is 7.33. The van der Waals surface area contributed by atoms with E-state index in [1.54, 1.807) is 25.7 Å². The molecule has 0 aromatic heterocycles. The third-order valence-electron chi connectivity index (χ3n) is 3.72. The first-order valence-electron chi connectivity index (χ1n) is 7.33. The lowest BCUT2D eigenvalue weighted by molar-refractivity contribution is -0.0366. The summed E-state index contributed by atoms with van der Waals surface area (Å²) in [6.07, 6.45) is 0.194. The van der Waals surface area contributed by atoms with Crippen molar-refractivity contribution in [2.24, 2.45) is 0 Å². The number of rotatable bonds is 1. The van der Waals surface area contributed by atoms with Crippen LogP contribution in [0.5, 0.6) is 11.5 Å². The molecule has 0 aliphatic carbocycles. The first-order chi connectivity index (χ1) is 10.1. The van der Waals surface area contributed by atoms with Gasteiger partial charge in [-0.2, -0.15) is 0 Å². The Hall–Kier alpha value is -1.95. The van der Waals surface area contributed by atoms with Gasteiger partial charge in [-0.3, -0.25) is 0 Å². The molecule has 1 aliphatic heterocycles. The molecule has 0 unspecified atom stereocenters. The number of hydrogen-bond acceptors (Lipinski definition) is 5. The number of carbonyl (C=O) groups excluding carboxylic acids is 1. The predicted octanol–water partition coefficient (Wildman–Crippen LogP) is 2.32. The average Bonchev–Trinajstić information content (AvgIpc) is 2.36. The maximum Gasteiger partial charge on any atom is 0.410 e. The lowest BCUT2D eigenvalue weighted by atomic mass is 9.84. The lowest BCUT2D eigenvalue weighted by Crippen LogP contribution is -2.46. The zero-order chi connectivity index (χ0) is 16.5. The summed E-state index contributed by atoms with van der Waals surface area (Å²) >= 11 is 0. The molecule has 1 aromatic rings. The Morgan fingerprint density at radius 3 is 2.32 bits per heavy atom. The molecule has 1 amide bonds. The number of aliphatic hydroxyl groups is 1. The number of likely N-dealkylation sites (tertiary alicyclic amines) is 1. The zero-order valence-electron chi connectivity index (χ0n) is 13.2. The van der Waals surface area contributed by atoms with Gasteiger partial charge in [0.05, 0.1) is 5.60 Å². The topological polar surface area (TPSA) is 90.2 Å². The van der Waals surface area contributed by atoms with Crippen LogP contribution < -0.4 is 0 Å². The van der Waals surface area contributed by atoms with Gasteiger partial charge in [0.15, 0.2) is 0 Å². The highest BCUT2D eigenvalue weighted by atomic mass is 16.6. The molecule has 0 atom stereocenters. The van der Waals surface area contributed by atoms with Gasteiger partial charge >= 0.3 is 6.09 Å². The van der Waals surface area contributed by atoms with Crippen LogP contribution in [0.3, 0.4) is 0 Å². The SMILES string of the molecule is CC(C)(C)OC(=O)N1CCC(O)(c2ccc(O)cc2O)CC1. The number of nitrogens with zero attached hydrogens (tertiary/aromatic N) is 1. The summed E-state index contributed by atoms with van der Waals surface area (Å²) in [5.41, 5.74) is -1.40. The van der Waals surface area contributed by atoms with Gasteiger partial charge in [-0.15, -0.1) is 0 Å². The second-order valence-electron chi connectivity index (χ2n) is 6.70. The van der Waals surface area contributed by atoms with Crippen LogP contribution in [0.25, 0.3) is 0 Å². The highest BCUT2D eigenvalue weighted by molar-refractivity contribution is 5.68. The molecule has 2 rings (SSSR count). The van der Waals surface area contributed by atoms with Gasteiger partial charge in [0, 0.05) is 24.7 Å². The summed E-state index contributed by atoms with van der Waals surface area (Å²) in [5, 5.41) is 30.0. The van der Waals surface area contributed by atoms with E-state index in [9.17, 15) is 20.1 Å². The van der Waals surface area contributed by atoms with Crippen molar-refractivity contribution in [3.05, 3.63) is 23.8 Å². The van der Waals surface area contributed by atoms with Gasteiger partial charge in [0.2, 0.25) is 0 Å². The second kappa shape index (κ2) is 5.68. The molecule has 0 radical (unpaired) electrons. The normalized spacial score (nSPS) is 18.1. The molecule has 6 heteroatoms. The van der Waals surface area contributed by atoms with E-state index in [0.717, 1.165) is 0 Å². The van der Waals surface area contributed by atoms with Gasteiger partial charge < -0.3 is 25.0 Å². The Bertz CT molecular complexity index is 556. The van der Waals surface area contributed by atoms with Gasteiger partial charge in [0.25, 0.3) is 0 Å². The average molecular weight is 309 g/mol. The van der Waals surface area contributed by atoms with Gasteiger partial charge in [-0.1, -0.05) is 0 Å². The minimum Gasteiger partial charge on any atom is -0.508 e. The molecule has 0 saturated carbocycles. The Balaban J connectivity index is 2.06. The van der Waals surface area contributed by atoms with Crippen LogP contribution in [0.15, 0.2) is 18.2 Å². The molecule has 1 heterocycles. The van der Waals surface area contributed by atoms with Crippen LogP contribution in [-0.4, -0.2) is 45.0 Å². The number of ether oxygens (including phenoxy) is 1. The summed E-state index contributed by atoms with van der Waals surface area (Å²) in [7, 11) is 0. The summed E-state index contributed by atoms with van der Waals surface area (Å²) < 4.78 is 5.31. The first kappa shape index (κ1) is 16.4. The van der Waals surface area contributed by atoms with Crippen LogP contribution >= 0.6 is 0 Å². The molecule has 0 spiro atoms. The number of benzene rings is 1. The summed E-state index contributed by atoms with van der Waals surface area (Å²) in [4.78, 5) is 13.6. The van der Waals surface area contributed by atoms with Crippen molar-refractivity contribution in [3.63, 3.8) is 0 Å². The van der Waals surface area contributed by atoms with Gasteiger partial charge in [0.1, 0.15) is 17.1 Å². The Labute approximate surface area is 129 Å². The standard InChI is InChI=1S/C16H23NO5/c1-15(2,3)22-14(20)17-8-6-16(21,7-9-17)12-5-4-11(18)10-13(12)19/h4-5,10,18-19,21H,6-9H2,1-3H3. The molecular formula is C16H23NO5. The predicted molar refractivity (Wildman–Crippen MR) is 80.7 cm³/mol. The number of phenols is 2. The smallest absolute Gasteiger partial charge is 0.410 e. The van der Waals surface area contributed by atoms with E-state index in [0.29, 0.717) is 31.5 Å². The number of amides is 1. The van der Waals surface area contributed by atoms with Crippen molar-refractivity contribution in [1.29, 1.82) is 0 Å². The molecule has 22 heavy (non-hydrogen) atoms. The van der Waals surface area contributed by atoms with E-state index in [-0.39, 0.29) is 11.5 Å². The van der Waals surface area contributed by atoms with E-state index in [1.165, 1.54) is 18.2 Å². The molecule has 0 bridgehead atoms. The molecule has 1 aliphatic rings. The summed E-state index contributed by atoms with van der Waals surface area (Å²) in [6.45, 7) is 6.09. The third-order valence-corrected chi connectivity index (χ3v) is 3.72. The Morgan fingerprint density at radius 1 is 1.23 bits per heavy atom. The number of aromatic hydroxyl groups is 2. The minimum absolute atomic E-state index is 0.0592. The van der Waals surface area contributed by atoms with E-state index < -0.39 is 17.3 Å².